The largest absolute Gasteiger partial charge is 0.461 e. The van der Waals surface area contributed by atoms with Gasteiger partial charge >= 0.3 is 12.1 Å². The Morgan fingerprint density at radius 1 is 1.18 bits per heavy atom. The van der Waals surface area contributed by atoms with E-state index in [1.807, 2.05) is 36.4 Å². The fourth-order valence-electron chi connectivity index (χ4n) is 3.95. The molecule has 1 saturated carbocycles. The third-order valence-electron chi connectivity index (χ3n) is 5.64. The van der Waals surface area contributed by atoms with Crippen LogP contribution in [0.25, 0.3) is 16.5 Å². The number of benzene rings is 1. The third kappa shape index (κ3) is 10.4. The van der Waals surface area contributed by atoms with Crippen LogP contribution in [0.15, 0.2) is 36.4 Å². The van der Waals surface area contributed by atoms with Crippen LogP contribution in [-0.2, 0) is 19.1 Å². The van der Waals surface area contributed by atoms with E-state index in [0.29, 0.717) is 5.56 Å². The normalized spacial score (nSPS) is 14.2. The van der Waals surface area contributed by atoms with Gasteiger partial charge in [0.25, 0.3) is 5.91 Å². The summed E-state index contributed by atoms with van der Waals surface area (Å²) in [7, 11) is 1.75. The number of rotatable bonds is 9. The molecule has 3 amide bonds. The quantitative estimate of drug-likeness (QED) is 0.261. The van der Waals surface area contributed by atoms with Gasteiger partial charge in [-0.25, -0.2) is 9.59 Å². The lowest BCUT2D eigenvalue weighted by atomic mass is 10.1. The third-order valence-corrected chi connectivity index (χ3v) is 6.84. The van der Waals surface area contributed by atoms with Gasteiger partial charge in [0.15, 0.2) is 0 Å². The Morgan fingerprint density at radius 3 is 2.41 bits per heavy atom. The predicted octanol–water partition coefficient (Wildman–Crippen LogP) is 4.44. The van der Waals surface area contributed by atoms with Crippen LogP contribution in [0.2, 0.25) is 0 Å². The summed E-state index contributed by atoms with van der Waals surface area (Å²) in [6, 6.07) is 8.73. The first kappa shape index (κ1) is 31.4. The number of hydrogen-bond donors (Lipinski definition) is 4. The molecule has 0 radical (unpaired) electrons. The molecular formula is C28H38N4O6S. The molecular weight excluding hydrogens is 520 g/mol. The minimum Gasteiger partial charge on any atom is -0.461 e. The summed E-state index contributed by atoms with van der Waals surface area (Å²) >= 11 is 1.45. The second kappa shape index (κ2) is 14.9. The first-order valence-electron chi connectivity index (χ1n) is 12.7. The van der Waals surface area contributed by atoms with Crippen LogP contribution in [0.1, 0.15) is 68.8 Å². The molecule has 1 aliphatic rings. The van der Waals surface area contributed by atoms with Crippen molar-refractivity contribution >= 4 is 46.8 Å². The number of nitrogens with two attached hydrogens (primary N) is 2. The molecule has 1 aromatic heterocycles. The Balaban J connectivity index is 0.00000170. The van der Waals surface area contributed by atoms with Gasteiger partial charge in [-0.05, 0) is 76.1 Å². The molecule has 1 atom stereocenters. The van der Waals surface area contributed by atoms with Gasteiger partial charge in [0, 0.05) is 11.9 Å². The van der Waals surface area contributed by atoms with Gasteiger partial charge < -0.3 is 31.6 Å². The highest BCUT2D eigenvalue weighted by molar-refractivity contribution is 7.19. The zero-order valence-electron chi connectivity index (χ0n) is 22.8. The molecule has 2 aromatic rings. The van der Waals surface area contributed by atoms with Gasteiger partial charge in [-0.1, -0.05) is 30.4 Å². The van der Waals surface area contributed by atoms with Crippen molar-refractivity contribution in [2.45, 2.75) is 70.6 Å². The van der Waals surface area contributed by atoms with Gasteiger partial charge in [0.2, 0.25) is 6.41 Å². The molecule has 1 aromatic carbocycles. The maximum atomic E-state index is 12.8. The number of alkyl carbamates (subject to hydrolysis) is 1. The minimum absolute atomic E-state index is 0.0975. The molecule has 10 nitrogen and oxygen atoms in total. The van der Waals surface area contributed by atoms with Gasteiger partial charge in [-0.15, -0.1) is 11.3 Å². The van der Waals surface area contributed by atoms with Gasteiger partial charge in [0.1, 0.15) is 22.7 Å². The molecule has 0 saturated heterocycles. The molecule has 6 N–H and O–H groups in total. The molecule has 11 heteroatoms. The number of esters is 1. The molecule has 0 bridgehead atoms. The number of amides is 3. The molecule has 0 aliphatic heterocycles. The zero-order chi connectivity index (χ0) is 29.0. The number of nitrogens with one attached hydrogen (secondary N) is 2. The lowest BCUT2D eigenvalue weighted by Crippen LogP contribution is -2.44. The number of primary amides is 2. The molecule has 1 heterocycles. The van der Waals surface area contributed by atoms with E-state index in [2.05, 4.69) is 16.4 Å². The maximum Gasteiger partial charge on any atom is 0.408 e. The van der Waals surface area contributed by atoms with Crippen LogP contribution in [-0.4, -0.2) is 49.2 Å². The van der Waals surface area contributed by atoms with E-state index in [4.69, 9.17) is 20.0 Å². The van der Waals surface area contributed by atoms with Crippen LogP contribution in [0.4, 0.5) is 9.80 Å². The van der Waals surface area contributed by atoms with E-state index in [-0.39, 0.29) is 18.9 Å². The molecule has 1 unspecified atom stereocenters. The van der Waals surface area contributed by atoms with Gasteiger partial charge in [-0.2, -0.15) is 0 Å². The second-order valence-electron chi connectivity index (χ2n) is 9.91. The highest BCUT2D eigenvalue weighted by Gasteiger charge is 2.28. The Labute approximate surface area is 233 Å². The number of ether oxygens (including phenoxy) is 2. The van der Waals surface area contributed by atoms with Crippen molar-refractivity contribution < 1.29 is 28.7 Å². The van der Waals surface area contributed by atoms with Crippen molar-refractivity contribution in [3.63, 3.8) is 0 Å². The highest BCUT2D eigenvalue weighted by Crippen LogP contribution is 2.35. The van der Waals surface area contributed by atoms with Crippen molar-refractivity contribution in [1.29, 1.82) is 0 Å². The van der Waals surface area contributed by atoms with Crippen LogP contribution >= 0.6 is 11.3 Å². The summed E-state index contributed by atoms with van der Waals surface area (Å²) in [5.41, 5.74) is 11.3. The average molecular weight is 559 g/mol. The smallest absolute Gasteiger partial charge is 0.408 e. The zero-order valence-corrected chi connectivity index (χ0v) is 23.6. The molecule has 3 rings (SSSR count). The fourth-order valence-corrected chi connectivity index (χ4v) is 4.97. The Bertz CT molecular complexity index is 1170. The molecule has 212 valence electrons. The maximum absolute atomic E-state index is 12.8. The summed E-state index contributed by atoms with van der Waals surface area (Å²) in [5.74, 6) is -0.936. The lowest BCUT2D eigenvalue weighted by Gasteiger charge is -2.23. The summed E-state index contributed by atoms with van der Waals surface area (Å²) in [6.07, 6.45) is 7.25. The van der Waals surface area contributed by atoms with Gasteiger partial charge in [0.05, 0.1) is 5.56 Å². The van der Waals surface area contributed by atoms with E-state index in [1.54, 1.807) is 33.9 Å². The lowest BCUT2D eigenvalue weighted by molar-refractivity contribution is -0.151. The highest BCUT2D eigenvalue weighted by atomic mass is 32.1. The minimum atomic E-state index is -0.853. The second-order valence-corrected chi connectivity index (χ2v) is 11.0. The first-order chi connectivity index (χ1) is 18.5. The standard InChI is InChI=1S/C27H35N3O5S.CH3NO/c1-27(2,3)35-26(33)30-21(25(32)34-19-12-5-6-13-19)14-8-10-17-9-7-11-18(15-17)22-16-20(23(28)31)24(29-4)36-22;2-1-3/h7-11,15-16,19,21,29H,5-6,12-14H2,1-4H3,(H2,28,31)(H,30,33);1H,(H2,2,3)/b10-8+;. The molecule has 39 heavy (non-hydrogen) atoms. The summed E-state index contributed by atoms with van der Waals surface area (Å²) < 4.78 is 11.0. The van der Waals surface area contributed by atoms with E-state index in [9.17, 15) is 14.4 Å². The van der Waals surface area contributed by atoms with Crippen LogP contribution in [0, 0.1) is 0 Å². The van der Waals surface area contributed by atoms with Crippen molar-refractivity contribution in [2.75, 3.05) is 12.4 Å². The number of hydrogen-bond acceptors (Lipinski definition) is 8. The van der Waals surface area contributed by atoms with Crippen molar-refractivity contribution in [3.05, 3.63) is 47.5 Å². The van der Waals surface area contributed by atoms with E-state index < -0.39 is 29.6 Å². The molecule has 0 spiro atoms. The van der Waals surface area contributed by atoms with E-state index in [1.165, 1.54) is 11.3 Å². The van der Waals surface area contributed by atoms with Crippen LogP contribution < -0.4 is 22.1 Å². The average Bonchev–Trinajstić information content (AvgIpc) is 3.53. The topological polar surface area (TPSA) is 163 Å². The summed E-state index contributed by atoms with van der Waals surface area (Å²) in [6.45, 7) is 5.31. The molecule has 1 fully saturated rings. The SMILES string of the molecule is CNc1sc(-c2cccc(/C=C/CC(NC(=O)OC(C)(C)C)C(=O)OC3CCCC3)c2)cc1C(N)=O.NC=O. The van der Waals surface area contributed by atoms with E-state index >= 15 is 0 Å². The summed E-state index contributed by atoms with van der Waals surface area (Å²) in [4.78, 5) is 46.4. The van der Waals surface area contributed by atoms with Crippen molar-refractivity contribution in [3.8, 4) is 10.4 Å². The number of carbonyl (C=O) groups excluding carboxylic acids is 4. The number of thiophene rings is 1. The fraction of sp³-hybridized carbons (Fsp3) is 0.429. The monoisotopic (exact) mass is 558 g/mol. The molecule has 1 aliphatic carbocycles. The van der Waals surface area contributed by atoms with Crippen molar-refractivity contribution in [2.24, 2.45) is 11.5 Å². The van der Waals surface area contributed by atoms with E-state index in [0.717, 1.165) is 46.7 Å². The Kier molecular flexibility index (Phi) is 12.0. The number of anilines is 1. The first-order valence-corrected chi connectivity index (χ1v) is 13.5. The number of carbonyl (C=O) groups is 4. The Hall–Kier alpha value is -3.86. The predicted molar refractivity (Wildman–Crippen MR) is 153 cm³/mol. The van der Waals surface area contributed by atoms with Gasteiger partial charge in [-0.3, -0.25) is 9.59 Å². The summed E-state index contributed by atoms with van der Waals surface area (Å²) in [5, 5.41) is 6.39. The van der Waals surface area contributed by atoms with Crippen LogP contribution in [0.3, 0.4) is 0 Å². The van der Waals surface area contributed by atoms with Crippen LogP contribution in [0.5, 0.6) is 0 Å². The van der Waals surface area contributed by atoms with Crippen molar-refractivity contribution in [1.82, 2.24) is 5.32 Å². The Morgan fingerprint density at radius 2 is 1.85 bits per heavy atom.